The van der Waals surface area contributed by atoms with Crippen LogP contribution in [0.4, 0.5) is 5.69 Å². The summed E-state index contributed by atoms with van der Waals surface area (Å²) in [7, 11) is 0. The smallest absolute Gasteiger partial charge is 0.358 e. The molecular weight excluding hydrogens is 392 g/mol. The number of amides is 1. The summed E-state index contributed by atoms with van der Waals surface area (Å²) in [5.41, 5.74) is 2.03. The van der Waals surface area contributed by atoms with Crippen molar-refractivity contribution in [3.8, 4) is 9.88 Å². The van der Waals surface area contributed by atoms with Gasteiger partial charge in [0.1, 0.15) is 5.01 Å². The number of thiophene rings is 1. The van der Waals surface area contributed by atoms with Gasteiger partial charge in [-0.05, 0) is 42.3 Å². The van der Waals surface area contributed by atoms with E-state index in [1.807, 2.05) is 41.8 Å². The van der Waals surface area contributed by atoms with E-state index in [1.54, 1.807) is 23.6 Å². The number of hydrogen-bond donors (Lipinski definition) is 1. The van der Waals surface area contributed by atoms with Crippen LogP contribution in [0.3, 0.4) is 0 Å². The number of ether oxygens (including phenoxy) is 1. The van der Waals surface area contributed by atoms with Gasteiger partial charge in [0.15, 0.2) is 11.8 Å². The highest BCUT2D eigenvalue weighted by atomic mass is 32.1. The minimum Gasteiger partial charge on any atom is -0.448 e. The van der Waals surface area contributed by atoms with E-state index in [-0.39, 0.29) is 11.6 Å². The number of anilines is 1. The summed E-state index contributed by atoms with van der Waals surface area (Å²) in [5.74, 6) is -0.644. The maximum absolute atomic E-state index is 12.5. The number of nitrogens with one attached hydrogen (secondary N) is 1. The summed E-state index contributed by atoms with van der Waals surface area (Å²) < 4.78 is 5.32. The van der Waals surface area contributed by atoms with Gasteiger partial charge in [-0.3, -0.25) is 4.79 Å². The first-order chi connectivity index (χ1) is 13.5. The van der Waals surface area contributed by atoms with Gasteiger partial charge in [0.2, 0.25) is 0 Å². The predicted molar refractivity (Wildman–Crippen MR) is 114 cm³/mol. The number of benzene rings is 1. The lowest BCUT2D eigenvalue weighted by atomic mass is 9.97. The quantitative estimate of drug-likeness (QED) is 0.513. The van der Waals surface area contributed by atoms with E-state index in [0.29, 0.717) is 5.92 Å². The second-order valence-electron chi connectivity index (χ2n) is 6.45. The Bertz CT molecular complexity index is 950. The molecule has 146 valence electrons. The van der Waals surface area contributed by atoms with E-state index >= 15 is 0 Å². The van der Waals surface area contributed by atoms with Gasteiger partial charge < -0.3 is 10.1 Å². The summed E-state index contributed by atoms with van der Waals surface area (Å²) in [4.78, 5) is 30.2. The molecule has 7 heteroatoms. The van der Waals surface area contributed by atoms with Crippen LogP contribution < -0.4 is 5.32 Å². The number of aromatic nitrogens is 1. The molecule has 1 aromatic carbocycles. The zero-order chi connectivity index (χ0) is 20.1. The molecule has 2 aromatic heterocycles. The lowest BCUT2D eigenvalue weighted by Crippen LogP contribution is -2.30. The molecule has 0 aliphatic heterocycles. The normalized spacial score (nSPS) is 13.0. The van der Waals surface area contributed by atoms with Crippen molar-refractivity contribution in [2.24, 2.45) is 0 Å². The third-order valence-electron chi connectivity index (χ3n) is 4.46. The number of esters is 1. The van der Waals surface area contributed by atoms with Crippen LogP contribution in [0.5, 0.6) is 0 Å². The van der Waals surface area contributed by atoms with Gasteiger partial charge >= 0.3 is 5.97 Å². The Morgan fingerprint density at radius 2 is 1.93 bits per heavy atom. The third-order valence-corrected chi connectivity index (χ3v) is 6.34. The van der Waals surface area contributed by atoms with Crippen molar-refractivity contribution in [3.63, 3.8) is 0 Å². The van der Waals surface area contributed by atoms with Crippen LogP contribution in [-0.4, -0.2) is 23.0 Å². The first-order valence-electron chi connectivity index (χ1n) is 9.09. The van der Waals surface area contributed by atoms with E-state index in [0.717, 1.165) is 27.6 Å². The van der Waals surface area contributed by atoms with Crippen LogP contribution in [0, 0.1) is 0 Å². The van der Waals surface area contributed by atoms with E-state index < -0.39 is 12.1 Å². The third kappa shape index (κ3) is 4.66. The van der Waals surface area contributed by atoms with Gasteiger partial charge in [-0.2, -0.15) is 0 Å². The Morgan fingerprint density at radius 1 is 1.14 bits per heavy atom. The lowest BCUT2D eigenvalue weighted by Gasteiger charge is -2.18. The topological polar surface area (TPSA) is 68.3 Å². The second kappa shape index (κ2) is 9.12. The number of thiazole rings is 1. The van der Waals surface area contributed by atoms with Gasteiger partial charge in [-0.25, -0.2) is 9.78 Å². The summed E-state index contributed by atoms with van der Waals surface area (Å²) in [6, 6.07) is 11.6. The van der Waals surface area contributed by atoms with E-state index in [9.17, 15) is 9.59 Å². The molecule has 0 aliphatic carbocycles. The number of rotatable bonds is 7. The average molecular weight is 415 g/mol. The molecule has 0 saturated carbocycles. The Morgan fingerprint density at radius 3 is 2.64 bits per heavy atom. The Hall–Kier alpha value is -2.51. The largest absolute Gasteiger partial charge is 0.448 e. The fourth-order valence-electron chi connectivity index (χ4n) is 2.65. The van der Waals surface area contributed by atoms with E-state index in [2.05, 4.69) is 24.1 Å². The minimum atomic E-state index is -0.927. The van der Waals surface area contributed by atoms with Gasteiger partial charge in [0, 0.05) is 11.1 Å². The highest BCUT2D eigenvalue weighted by Crippen LogP contribution is 2.28. The van der Waals surface area contributed by atoms with Crippen LogP contribution in [0.1, 0.15) is 49.2 Å². The van der Waals surface area contributed by atoms with Gasteiger partial charge in [0.25, 0.3) is 5.91 Å². The maximum Gasteiger partial charge on any atom is 0.358 e. The van der Waals surface area contributed by atoms with Crippen molar-refractivity contribution in [2.75, 3.05) is 5.32 Å². The molecule has 0 spiro atoms. The van der Waals surface area contributed by atoms with Gasteiger partial charge in [-0.1, -0.05) is 38.1 Å². The van der Waals surface area contributed by atoms with Crippen molar-refractivity contribution in [3.05, 3.63) is 58.4 Å². The average Bonchev–Trinajstić information content (AvgIpc) is 3.39. The van der Waals surface area contributed by atoms with Gasteiger partial charge in [0.05, 0.1) is 4.88 Å². The fraction of sp³-hybridized carbons (Fsp3) is 0.286. The predicted octanol–water partition coefficient (Wildman–Crippen LogP) is 5.57. The molecule has 28 heavy (non-hydrogen) atoms. The molecule has 0 saturated heterocycles. The Balaban J connectivity index is 1.64. The molecule has 3 aromatic rings. The number of carbonyl (C=O) groups is 2. The highest BCUT2D eigenvalue weighted by molar-refractivity contribution is 7.20. The summed E-state index contributed by atoms with van der Waals surface area (Å²) in [6.07, 6.45) is 0.0396. The zero-order valence-corrected chi connectivity index (χ0v) is 17.6. The summed E-state index contributed by atoms with van der Waals surface area (Å²) in [6.45, 7) is 5.78. The molecule has 2 atom stereocenters. The molecule has 5 nitrogen and oxygen atoms in total. The van der Waals surface area contributed by atoms with Crippen molar-refractivity contribution in [1.82, 2.24) is 4.98 Å². The number of nitrogens with zero attached hydrogens (tertiary/aromatic N) is 1. The molecule has 2 heterocycles. The molecule has 1 N–H and O–H groups in total. The van der Waals surface area contributed by atoms with Gasteiger partial charge in [-0.15, -0.1) is 22.7 Å². The molecule has 0 unspecified atom stereocenters. The standard InChI is InChI=1S/C21H22N2O3S2/c1-4-13(2)15-8-5-6-9-16(15)22-19(24)14(3)26-21(25)17-12-28-20(23-17)18-10-7-11-27-18/h5-14H,4H2,1-3H3,(H,22,24)/t13-,14-/m1/s1. The number of carbonyl (C=O) groups excluding carboxylic acids is 2. The molecule has 0 bridgehead atoms. The monoisotopic (exact) mass is 414 g/mol. The fourth-order valence-corrected chi connectivity index (χ4v) is 4.25. The molecule has 0 radical (unpaired) electrons. The molecular formula is C21H22N2O3S2. The summed E-state index contributed by atoms with van der Waals surface area (Å²) >= 11 is 2.94. The van der Waals surface area contributed by atoms with E-state index in [1.165, 1.54) is 11.3 Å². The summed E-state index contributed by atoms with van der Waals surface area (Å²) in [5, 5.41) is 7.25. The highest BCUT2D eigenvalue weighted by Gasteiger charge is 2.22. The second-order valence-corrected chi connectivity index (χ2v) is 8.25. The number of para-hydroxylation sites is 1. The first kappa shape index (κ1) is 20.2. The minimum absolute atomic E-state index is 0.216. The van der Waals surface area contributed by atoms with Crippen LogP contribution in [0.15, 0.2) is 47.2 Å². The molecule has 3 rings (SSSR count). The van der Waals surface area contributed by atoms with E-state index in [4.69, 9.17) is 4.74 Å². The van der Waals surface area contributed by atoms with Crippen molar-refractivity contribution >= 4 is 40.2 Å². The first-order valence-corrected chi connectivity index (χ1v) is 10.9. The Kier molecular flexibility index (Phi) is 6.59. The molecule has 0 aliphatic rings. The van der Waals surface area contributed by atoms with Crippen LogP contribution in [0.25, 0.3) is 9.88 Å². The van der Waals surface area contributed by atoms with Crippen LogP contribution in [0.2, 0.25) is 0 Å². The van der Waals surface area contributed by atoms with Crippen molar-refractivity contribution in [2.45, 2.75) is 39.2 Å². The lowest BCUT2D eigenvalue weighted by molar-refractivity contribution is -0.123. The number of hydrogen-bond acceptors (Lipinski definition) is 6. The maximum atomic E-state index is 12.5. The van der Waals surface area contributed by atoms with Crippen LogP contribution >= 0.6 is 22.7 Å². The molecule has 1 amide bonds. The zero-order valence-electron chi connectivity index (χ0n) is 16.0. The molecule has 0 fully saturated rings. The van der Waals surface area contributed by atoms with Crippen LogP contribution in [-0.2, 0) is 9.53 Å². The SMILES string of the molecule is CC[C@@H](C)c1ccccc1NC(=O)[C@@H](C)OC(=O)c1csc(-c2cccs2)n1. The van der Waals surface area contributed by atoms with Crippen molar-refractivity contribution < 1.29 is 14.3 Å². The van der Waals surface area contributed by atoms with Crippen molar-refractivity contribution in [1.29, 1.82) is 0 Å². The Labute approximate surface area is 172 Å².